The normalized spacial score (nSPS) is 19.2. The fourth-order valence-electron chi connectivity index (χ4n) is 3.40. The van der Waals surface area contributed by atoms with Crippen molar-refractivity contribution in [1.29, 1.82) is 0 Å². The summed E-state index contributed by atoms with van der Waals surface area (Å²) in [4.78, 5) is 0. The molecule has 4 heteroatoms. The van der Waals surface area contributed by atoms with E-state index in [9.17, 15) is 5.21 Å². The zero-order chi connectivity index (χ0) is 15.1. The number of nitrogens with zero attached hydrogens (tertiary/aromatic N) is 1. The zero-order valence-electron chi connectivity index (χ0n) is 13.0. The molecule has 1 aliphatic rings. The van der Waals surface area contributed by atoms with E-state index in [-0.39, 0.29) is 17.3 Å². The number of ether oxygens (including phenoxy) is 1. The van der Waals surface area contributed by atoms with Crippen LogP contribution in [0.25, 0.3) is 0 Å². The molecule has 0 saturated heterocycles. The van der Waals surface area contributed by atoms with Crippen molar-refractivity contribution in [3.05, 3.63) is 35.0 Å². The Kier molecular flexibility index (Phi) is 6.03. The summed E-state index contributed by atoms with van der Waals surface area (Å²) in [6.45, 7) is 1.01. The summed E-state index contributed by atoms with van der Waals surface area (Å²) in [5.74, 6) is 0.788. The van der Waals surface area contributed by atoms with Gasteiger partial charge >= 0.3 is 0 Å². The van der Waals surface area contributed by atoms with Crippen LogP contribution >= 0.6 is 0 Å². The third kappa shape index (κ3) is 4.19. The minimum atomic E-state index is -0.221. The van der Waals surface area contributed by atoms with Crippen molar-refractivity contribution in [2.45, 2.75) is 51.1 Å². The second kappa shape index (κ2) is 7.78. The summed E-state index contributed by atoms with van der Waals surface area (Å²) < 4.78 is 5.16. The SMILES string of the molecule is COc1ccccc1C[N+]([O-])(CCCO)C1CCCCC1. The van der Waals surface area contributed by atoms with E-state index in [1.165, 1.54) is 6.42 Å². The van der Waals surface area contributed by atoms with Gasteiger partial charge in [0, 0.05) is 18.6 Å². The number of para-hydroxylation sites is 1. The van der Waals surface area contributed by atoms with Crippen LogP contribution in [0, 0.1) is 5.21 Å². The van der Waals surface area contributed by atoms with Crippen LogP contribution in [-0.4, -0.2) is 36.1 Å². The lowest BCUT2D eigenvalue weighted by Gasteiger charge is -2.50. The zero-order valence-corrected chi connectivity index (χ0v) is 13.0. The Labute approximate surface area is 127 Å². The minimum Gasteiger partial charge on any atom is -0.632 e. The molecule has 1 atom stereocenters. The molecule has 0 heterocycles. The van der Waals surface area contributed by atoms with E-state index < -0.39 is 0 Å². The van der Waals surface area contributed by atoms with E-state index in [1.807, 2.05) is 24.3 Å². The Morgan fingerprint density at radius 3 is 2.62 bits per heavy atom. The molecule has 1 aliphatic carbocycles. The van der Waals surface area contributed by atoms with Gasteiger partial charge in [0.2, 0.25) is 0 Å². The highest BCUT2D eigenvalue weighted by atomic mass is 16.5. The van der Waals surface area contributed by atoms with Crippen LogP contribution in [0.4, 0.5) is 0 Å². The first kappa shape index (κ1) is 16.3. The molecule has 2 rings (SSSR count). The lowest BCUT2D eigenvalue weighted by Crippen LogP contribution is -2.51. The lowest BCUT2D eigenvalue weighted by atomic mass is 9.93. The summed E-state index contributed by atoms with van der Waals surface area (Å²) in [7, 11) is 1.65. The average molecular weight is 293 g/mol. The van der Waals surface area contributed by atoms with Crippen LogP contribution in [0.1, 0.15) is 44.1 Å². The summed E-state index contributed by atoms with van der Waals surface area (Å²) in [5, 5.41) is 22.5. The first-order valence-corrected chi connectivity index (χ1v) is 8.00. The molecular formula is C17H27NO3. The fraction of sp³-hybridized carbons (Fsp3) is 0.647. The van der Waals surface area contributed by atoms with Gasteiger partial charge in [0.25, 0.3) is 0 Å². The monoisotopic (exact) mass is 293 g/mol. The van der Waals surface area contributed by atoms with Crippen LogP contribution < -0.4 is 4.74 Å². The van der Waals surface area contributed by atoms with Gasteiger partial charge < -0.3 is 19.7 Å². The first-order valence-electron chi connectivity index (χ1n) is 8.00. The summed E-state index contributed by atoms with van der Waals surface area (Å²) >= 11 is 0. The van der Waals surface area contributed by atoms with E-state index in [4.69, 9.17) is 9.84 Å². The van der Waals surface area contributed by atoms with Gasteiger partial charge in [-0.1, -0.05) is 18.6 Å². The molecule has 1 fully saturated rings. The van der Waals surface area contributed by atoms with E-state index in [0.717, 1.165) is 37.0 Å². The Bertz CT molecular complexity index is 432. The maximum absolute atomic E-state index is 13.4. The Morgan fingerprint density at radius 2 is 1.95 bits per heavy atom. The molecule has 0 aliphatic heterocycles. The predicted molar refractivity (Wildman–Crippen MR) is 83.8 cm³/mol. The van der Waals surface area contributed by atoms with E-state index in [0.29, 0.717) is 19.5 Å². The first-order chi connectivity index (χ1) is 10.2. The molecule has 118 valence electrons. The Morgan fingerprint density at radius 1 is 1.24 bits per heavy atom. The molecule has 1 aromatic carbocycles. The van der Waals surface area contributed by atoms with Crippen molar-refractivity contribution in [2.75, 3.05) is 20.3 Å². The molecule has 1 N–H and O–H groups in total. The van der Waals surface area contributed by atoms with Crippen molar-refractivity contribution in [3.8, 4) is 5.75 Å². The molecule has 1 aromatic rings. The molecule has 0 amide bonds. The molecule has 0 aromatic heterocycles. The van der Waals surface area contributed by atoms with Gasteiger partial charge in [-0.2, -0.15) is 0 Å². The predicted octanol–water partition coefficient (Wildman–Crippen LogP) is 3.22. The maximum Gasteiger partial charge on any atom is 0.127 e. The molecule has 1 unspecified atom stereocenters. The van der Waals surface area contributed by atoms with Crippen molar-refractivity contribution in [2.24, 2.45) is 0 Å². The van der Waals surface area contributed by atoms with Gasteiger partial charge in [-0.15, -0.1) is 0 Å². The molecule has 4 nitrogen and oxygen atoms in total. The Hall–Kier alpha value is -1.10. The van der Waals surface area contributed by atoms with Crippen LogP contribution in [0.15, 0.2) is 24.3 Å². The van der Waals surface area contributed by atoms with Crippen molar-refractivity contribution >= 4 is 0 Å². The quantitative estimate of drug-likeness (QED) is 0.620. The number of hydrogen-bond donors (Lipinski definition) is 1. The largest absolute Gasteiger partial charge is 0.632 e. The van der Waals surface area contributed by atoms with E-state index in [2.05, 4.69) is 0 Å². The molecule has 0 radical (unpaired) electrons. The number of methoxy groups -OCH3 is 1. The van der Waals surface area contributed by atoms with Gasteiger partial charge in [-0.3, -0.25) is 0 Å². The summed E-state index contributed by atoms with van der Waals surface area (Å²) in [6.07, 6.45) is 6.12. The number of benzene rings is 1. The fourth-order valence-corrected chi connectivity index (χ4v) is 3.40. The van der Waals surface area contributed by atoms with Crippen LogP contribution in [0.3, 0.4) is 0 Å². The van der Waals surface area contributed by atoms with Crippen LogP contribution in [0.2, 0.25) is 0 Å². The van der Waals surface area contributed by atoms with Crippen molar-refractivity contribution in [3.63, 3.8) is 0 Å². The Balaban J connectivity index is 2.18. The van der Waals surface area contributed by atoms with Gasteiger partial charge in [0.1, 0.15) is 12.3 Å². The third-order valence-electron chi connectivity index (χ3n) is 4.57. The smallest absolute Gasteiger partial charge is 0.127 e. The van der Waals surface area contributed by atoms with Crippen LogP contribution in [0.5, 0.6) is 5.75 Å². The van der Waals surface area contributed by atoms with E-state index in [1.54, 1.807) is 7.11 Å². The number of hydrogen-bond acceptors (Lipinski definition) is 3. The van der Waals surface area contributed by atoms with Gasteiger partial charge in [0.05, 0.1) is 19.7 Å². The topological polar surface area (TPSA) is 52.5 Å². The molecule has 21 heavy (non-hydrogen) atoms. The third-order valence-corrected chi connectivity index (χ3v) is 4.57. The highest BCUT2D eigenvalue weighted by Crippen LogP contribution is 2.32. The number of aliphatic hydroxyl groups excluding tert-OH is 1. The van der Waals surface area contributed by atoms with Gasteiger partial charge in [0.15, 0.2) is 0 Å². The number of rotatable bonds is 7. The highest BCUT2D eigenvalue weighted by Gasteiger charge is 2.31. The van der Waals surface area contributed by atoms with Crippen LogP contribution in [-0.2, 0) is 6.54 Å². The lowest BCUT2D eigenvalue weighted by molar-refractivity contribution is -0.920. The molecular weight excluding hydrogens is 266 g/mol. The molecule has 1 saturated carbocycles. The van der Waals surface area contributed by atoms with Crippen molar-refractivity contribution in [1.82, 2.24) is 0 Å². The highest BCUT2D eigenvalue weighted by molar-refractivity contribution is 5.32. The second-order valence-electron chi connectivity index (χ2n) is 6.01. The minimum absolute atomic E-state index is 0.0842. The van der Waals surface area contributed by atoms with E-state index >= 15 is 0 Å². The molecule has 0 bridgehead atoms. The standard InChI is InChI=1S/C17H27NO3/c1-21-17-11-6-5-8-15(17)14-18(20,12-7-13-19)16-9-3-2-4-10-16/h5-6,8,11,16,19H,2-4,7,9-10,12-14H2,1H3. The average Bonchev–Trinajstić information content (AvgIpc) is 2.54. The number of aliphatic hydroxyl groups is 1. The van der Waals surface area contributed by atoms with Gasteiger partial charge in [-0.25, -0.2) is 0 Å². The second-order valence-corrected chi connectivity index (χ2v) is 6.01. The molecule has 0 spiro atoms. The summed E-state index contributed by atoms with van der Waals surface area (Å²) in [6, 6.07) is 7.93. The number of hydroxylamine groups is 3. The van der Waals surface area contributed by atoms with Gasteiger partial charge in [-0.05, 0) is 37.8 Å². The summed E-state index contributed by atoms with van der Waals surface area (Å²) in [5.41, 5.74) is 0.971. The maximum atomic E-state index is 13.4. The number of quaternary nitrogens is 1. The van der Waals surface area contributed by atoms with Crippen molar-refractivity contribution < 1.29 is 14.5 Å².